The van der Waals surface area contributed by atoms with Gasteiger partial charge in [-0.15, -0.1) is 11.3 Å². The van der Waals surface area contributed by atoms with Crippen LogP contribution in [0.2, 0.25) is 0 Å². The summed E-state index contributed by atoms with van der Waals surface area (Å²) < 4.78 is 27.2. The molecule has 4 rings (SSSR count). The monoisotopic (exact) mass is 442 g/mol. The van der Waals surface area contributed by atoms with E-state index >= 15 is 0 Å². The second kappa shape index (κ2) is 8.25. The lowest BCUT2D eigenvalue weighted by Gasteiger charge is -2.16. The van der Waals surface area contributed by atoms with Gasteiger partial charge in [0.2, 0.25) is 5.91 Å². The summed E-state index contributed by atoms with van der Waals surface area (Å²) in [6.07, 6.45) is 2.83. The lowest BCUT2D eigenvalue weighted by Crippen LogP contribution is -2.24. The van der Waals surface area contributed by atoms with Crippen molar-refractivity contribution in [3.05, 3.63) is 65.7 Å². The van der Waals surface area contributed by atoms with Crippen LogP contribution >= 0.6 is 11.3 Å². The van der Waals surface area contributed by atoms with E-state index in [4.69, 9.17) is 0 Å². The van der Waals surface area contributed by atoms with E-state index < -0.39 is 10.0 Å². The molecule has 1 saturated heterocycles. The highest BCUT2D eigenvalue weighted by Crippen LogP contribution is 2.23. The van der Waals surface area contributed by atoms with E-state index in [2.05, 4.69) is 15.0 Å². The molecule has 10 heteroatoms. The fourth-order valence-electron chi connectivity index (χ4n) is 3.10. The number of anilines is 3. The van der Waals surface area contributed by atoms with E-state index in [-0.39, 0.29) is 21.8 Å². The Labute approximate surface area is 177 Å². The Kier molecular flexibility index (Phi) is 5.51. The summed E-state index contributed by atoms with van der Waals surface area (Å²) in [4.78, 5) is 30.2. The third-order valence-corrected chi connectivity index (χ3v) is 6.74. The van der Waals surface area contributed by atoms with Crippen LogP contribution in [-0.2, 0) is 14.8 Å². The van der Waals surface area contributed by atoms with Crippen LogP contribution in [0.3, 0.4) is 0 Å². The maximum absolute atomic E-state index is 12.6. The zero-order valence-corrected chi connectivity index (χ0v) is 17.4. The molecule has 0 bridgehead atoms. The van der Waals surface area contributed by atoms with Gasteiger partial charge in [-0.3, -0.25) is 14.3 Å². The number of nitrogens with zero attached hydrogens (tertiary/aromatic N) is 2. The molecule has 1 aliphatic heterocycles. The maximum atomic E-state index is 12.6. The minimum atomic E-state index is -3.75. The molecular weight excluding hydrogens is 424 g/mol. The molecule has 1 aliphatic rings. The van der Waals surface area contributed by atoms with Crippen LogP contribution in [0.5, 0.6) is 0 Å². The van der Waals surface area contributed by atoms with Gasteiger partial charge in [0.05, 0.1) is 4.90 Å². The number of hydrogen-bond donors (Lipinski definition) is 2. The molecule has 1 fully saturated rings. The van der Waals surface area contributed by atoms with Crippen molar-refractivity contribution < 1.29 is 18.0 Å². The van der Waals surface area contributed by atoms with Gasteiger partial charge < -0.3 is 10.2 Å². The van der Waals surface area contributed by atoms with E-state index in [1.807, 2.05) is 0 Å². The van der Waals surface area contributed by atoms with Crippen LogP contribution in [0.1, 0.15) is 23.2 Å². The molecule has 2 N–H and O–H groups in total. The largest absolute Gasteiger partial charge is 0.322 e. The summed E-state index contributed by atoms with van der Waals surface area (Å²) in [6, 6.07) is 12.7. The molecule has 2 amide bonds. The minimum absolute atomic E-state index is 0.0516. The van der Waals surface area contributed by atoms with Gasteiger partial charge >= 0.3 is 0 Å². The zero-order valence-electron chi connectivity index (χ0n) is 15.7. The first-order chi connectivity index (χ1) is 14.4. The topological polar surface area (TPSA) is 108 Å². The molecule has 2 heterocycles. The Balaban J connectivity index is 1.46. The van der Waals surface area contributed by atoms with Gasteiger partial charge in [0.1, 0.15) is 0 Å². The predicted octanol–water partition coefficient (Wildman–Crippen LogP) is 3.32. The summed E-state index contributed by atoms with van der Waals surface area (Å²) in [6.45, 7) is 0.648. The van der Waals surface area contributed by atoms with Crippen molar-refractivity contribution in [2.24, 2.45) is 0 Å². The Hall–Kier alpha value is -3.24. The van der Waals surface area contributed by atoms with E-state index in [0.717, 1.165) is 6.42 Å². The van der Waals surface area contributed by atoms with Crippen LogP contribution in [0.25, 0.3) is 0 Å². The summed E-state index contributed by atoms with van der Waals surface area (Å²) in [5.74, 6) is -0.296. The zero-order chi connectivity index (χ0) is 21.1. The summed E-state index contributed by atoms with van der Waals surface area (Å²) >= 11 is 1.18. The third-order valence-electron chi connectivity index (χ3n) is 4.57. The summed E-state index contributed by atoms with van der Waals surface area (Å²) in [5, 5.41) is 4.70. The second-order valence-corrected chi connectivity index (χ2v) is 9.20. The quantitative estimate of drug-likeness (QED) is 0.609. The third kappa shape index (κ3) is 4.34. The minimum Gasteiger partial charge on any atom is -0.322 e. The average Bonchev–Trinajstić information content (AvgIpc) is 3.39. The number of carbonyl (C=O) groups is 2. The SMILES string of the molecule is O=C(Nc1ccc(S(=O)(=O)Nc2nccs2)cc1)c1cccc(N2CCCC2=O)c1. The molecule has 30 heavy (non-hydrogen) atoms. The number of amides is 2. The van der Waals surface area contributed by atoms with Gasteiger partial charge in [-0.05, 0) is 48.9 Å². The smallest absolute Gasteiger partial charge is 0.263 e. The van der Waals surface area contributed by atoms with Crippen LogP contribution in [-0.4, -0.2) is 31.8 Å². The fourth-order valence-corrected chi connectivity index (χ4v) is 4.89. The fraction of sp³-hybridized carbons (Fsp3) is 0.150. The van der Waals surface area contributed by atoms with E-state index in [0.29, 0.717) is 29.9 Å². The summed E-state index contributed by atoms with van der Waals surface area (Å²) in [7, 11) is -3.75. The first-order valence-electron chi connectivity index (χ1n) is 9.16. The number of carbonyl (C=O) groups excluding carboxylic acids is 2. The lowest BCUT2D eigenvalue weighted by molar-refractivity contribution is -0.117. The molecule has 2 aromatic carbocycles. The maximum Gasteiger partial charge on any atom is 0.263 e. The first-order valence-corrected chi connectivity index (χ1v) is 11.5. The van der Waals surface area contributed by atoms with Gasteiger partial charge in [-0.25, -0.2) is 13.4 Å². The van der Waals surface area contributed by atoms with E-state index in [1.54, 1.807) is 34.5 Å². The Morgan fingerprint density at radius 2 is 1.93 bits per heavy atom. The van der Waals surface area contributed by atoms with Crippen LogP contribution in [0.4, 0.5) is 16.5 Å². The molecule has 0 atom stereocenters. The molecule has 3 aromatic rings. The number of thiazole rings is 1. The Morgan fingerprint density at radius 1 is 1.13 bits per heavy atom. The Morgan fingerprint density at radius 3 is 2.60 bits per heavy atom. The van der Waals surface area contributed by atoms with E-state index in [1.165, 1.54) is 41.8 Å². The van der Waals surface area contributed by atoms with Gasteiger partial charge in [-0.2, -0.15) is 0 Å². The van der Waals surface area contributed by atoms with Crippen molar-refractivity contribution in [3.63, 3.8) is 0 Å². The normalized spacial score (nSPS) is 14.0. The molecule has 0 radical (unpaired) electrons. The van der Waals surface area contributed by atoms with Gasteiger partial charge in [0, 0.05) is 41.5 Å². The first kappa shape index (κ1) is 20.0. The van der Waals surface area contributed by atoms with Crippen molar-refractivity contribution in [1.82, 2.24) is 4.98 Å². The van der Waals surface area contributed by atoms with Crippen molar-refractivity contribution in [1.29, 1.82) is 0 Å². The number of nitrogens with one attached hydrogen (secondary N) is 2. The van der Waals surface area contributed by atoms with Gasteiger partial charge in [-0.1, -0.05) is 6.07 Å². The molecule has 154 valence electrons. The van der Waals surface area contributed by atoms with Crippen molar-refractivity contribution in [2.45, 2.75) is 17.7 Å². The van der Waals surface area contributed by atoms with Gasteiger partial charge in [0.25, 0.3) is 15.9 Å². The average molecular weight is 443 g/mol. The molecule has 0 saturated carbocycles. The van der Waals surface area contributed by atoms with Crippen molar-refractivity contribution in [2.75, 3.05) is 21.5 Å². The molecule has 0 unspecified atom stereocenters. The number of benzene rings is 2. The highest BCUT2D eigenvalue weighted by Gasteiger charge is 2.22. The molecule has 0 spiro atoms. The number of sulfonamides is 1. The number of hydrogen-bond acceptors (Lipinski definition) is 6. The highest BCUT2D eigenvalue weighted by molar-refractivity contribution is 7.93. The molecule has 0 aliphatic carbocycles. The van der Waals surface area contributed by atoms with Crippen molar-refractivity contribution >= 4 is 49.7 Å². The lowest BCUT2D eigenvalue weighted by atomic mass is 10.1. The van der Waals surface area contributed by atoms with E-state index in [9.17, 15) is 18.0 Å². The molecular formula is C20H18N4O4S2. The molecule has 8 nitrogen and oxygen atoms in total. The standard InChI is InChI=1S/C20H18N4O4S2/c25-18-5-2-11-24(18)16-4-1-3-14(13-16)19(26)22-15-6-8-17(9-7-15)30(27,28)23-20-21-10-12-29-20/h1,3-4,6-10,12-13H,2,5,11H2,(H,21,23)(H,22,26). The highest BCUT2D eigenvalue weighted by atomic mass is 32.2. The predicted molar refractivity (Wildman–Crippen MR) is 115 cm³/mol. The van der Waals surface area contributed by atoms with Crippen LogP contribution in [0.15, 0.2) is 65.0 Å². The second-order valence-electron chi connectivity index (χ2n) is 6.62. The summed E-state index contributed by atoms with van der Waals surface area (Å²) in [5.41, 5.74) is 1.56. The number of aromatic nitrogens is 1. The number of rotatable bonds is 6. The Bertz CT molecular complexity index is 1180. The van der Waals surface area contributed by atoms with Crippen LogP contribution < -0.4 is 14.9 Å². The van der Waals surface area contributed by atoms with Crippen LogP contribution in [0, 0.1) is 0 Å². The van der Waals surface area contributed by atoms with Crippen molar-refractivity contribution in [3.8, 4) is 0 Å². The van der Waals surface area contributed by atoms with Gasteiger partial charge in [0.15, 0.2) is 5.13 Å². The molecule has 1 aromatic heterocycles.